The van der Waals surface area contributed by atoms with E-state index < -0.39 is 11.5 Å². The average Bonchev–Trinajstić information content (AvgIpc) is 3.16. The number of hydrogen-bond acceptors (Lipinski definition) is 3. The summed E-state index contributed by atoms with van der Waals surface area (Å²) in [6, 6.07) is 20.1. The van der Waals surface area contributed by atoms with E-state index in [-0.39, 0.29) is 23.4 Å². The van der Waals surface area contributed by atoms with Gasteiger partial charge in [0.1, 0.15) is 5.78 Å². The zero-order chi connectivity index (χ0) is 19.0. The molecular weight excluding hydrogens is 348 g/mol. The number of carbonyl (C=O) groups excluding carboxylic acids is 2. The van der Waals surface area contributed by atoms with Gasteiger partial charge in [-0.1, -0.05) is 54.6 Å². The first-order chi connectivity index (χ1) is 13.6. The summed E-state index contributed by atoms with van der Waals surface area (Å²) in [7, 11) is 0. The van der Waals surface area contributed by atoms with Crippen molar-refractivity contribution in [2.24, 2.45) is 5.92 Å². The molecule has 1 saturated carbocycles. The quantitative estimate of drug-likeness (QED) is 0.654. The smallest absolute Gasteiger partial charge is 0.167 e. The number of aryl methyl sites for hydroxylation is 1. The fourth-order valence-electron chi connectivity index (χ4n) is 6.19. The van der Waals surface area contributed by atoms with E-state index in [9.17, 15) is 14.7 Å². The van der Waals surface area contributed by atoms with Gasteiger partial charge in [0.15, 0.2) is 5.78 Å². The highest BCUT2D eigenvalue weighted by Crippen LogP contribution is 2.61. The summed E-state index contributed by atoms with van der Waals surface area (Å²) < 4.78 is 0. The van der Waals surface area contributed by atoms with Crippen molar-refractivity contribution in [1.29, 1.82) is 0 Å². The molecule has 3 aromatic rings. The molecule has 1 N–H and O–H groups in total. The Morgan fingerprint density at radius 2 is 1.61 bits per heavy atom. The fraction of sp³-hybridized carbons (Fsp3) is 0.280. The van der Waals surface area contributed by atoms with Gasteiger partial charge in [0.05, 0.1) is 11.5 Å². The van der Waals surface area contributed by atoms with E-state index in [1.54, 1.807) is 0 Å². The van der Waals surface area contributed by atoms with Crippen LogP contribution in [0.5, 0.6) is 0 Å². The van der Waals surface area contributed by atoms with Crippen molar-refractivity contribution in [2.75, 3.05) is 0 Å². The standard InChI is InChI=1S/C25H20O3/c26-21-10-9-14-5-3-4-8-20(14)25(21)22(27)13-19-23(25)17-11-15-6-1-2-7-16(15)12-18(17)24(19)28/h1-8,11-12,19,22-23,27H,9-10,13H2/t19-,22+,23-,25+/m0/s1. The summed E-state index contributed by atoms with van der Waals surface area (Å²) in [5, 5.41) is 13.3. The number of fused-ring (bicyclic) bond motifs is 7. The van der Waals surface area contributed by atoms with Crippen molar-refractivity contribution in [2.45, 2.75) is 36.7 Å². The average molecular weight is 368 g/mol. The number of carbonyl (C=O) groups is 2. The van der Waals surface area contributed by atoms with Crippen molar-refractivity contribution in [3.05, 3.63) is 82.9 Å². The first-order valence-electron chi connectivity index (χ1n) is 9.99. The zero-order valence-corrected chi connectivity index (χ0v) is 15.4. The predicted molar refractivity (Wildman–Crippen MR) is 107 cm³/mol. The molecule has 3 aromatic carbocycles. The van der Waals surface area contributed by atoms with Crippen LogP contribution in [0.2, 0.25) is 0 Å². The molecule has 0 unspecified atom stereocenters. The third kappa shape index (κ3) is 1.78. The second-order valence-corrected chi connectivity index (χ2v) is 8.44. The molecule has 138 valence electrons. The van der Waals surface area contributed by atoms with Crippen LogP contribution in [-0.4, -0.2) is 22.8 Å². The molecule has 3 aliphatic rings. The summed E-state index contributed by atoms with van der Waals surface area (Å²) in [5.74, 6) is -0.432. The number of hydrogen-bond donors (Lipinski definition) is 1. The molecule has 0 saturated heterocycles. The lowest BCUT2D eigenvalue weighted by molar-refractivity contribution is -0.129. The lowest BCUT2D eigenvalue weighted by atomic mass is 9.60. The monoisotopic (exact) mass is 368 g/mol. The van der Waals surface area contributed by atoms with E-state index in [1.807, 2.05) is 48.5 Å². The van der Waals surface area contributed by atoms with Gasteiger partial charge in [-0.05, 0) is 46.4 Å². The van der Waals surface area contributed by atoms with E-state index in [0.29, 0.717) is 19.3 Å². The maximum Gasteiger partial charge on any atom is 0.167 e. The van der Waals surface area contributed by atoms with E-state index >= 15 is 0 Å². The molecule has 3 aliphatic carbocycles. The van der Waals surface area contributed by atoms with Gasteiger partial charge in [-0.2, -0.15) is 0 Å². The zero-order valence-electron chi connectivity index (χ0n) is 15.4. The van der Waals surface area contributed by atoms with Crippen LogP contribution in [0.1, 0.15) is 45.8 Å². The van der Waals surface area contributed by atoms with Gasteiger partial charge in [0.2, 0.25) is 0 Å². The summed E-state index contributed by atoms with van der Waals surface area (Å²) in [4.78, 5) is 26.7. The van der Waals surface area contributed by atoms with Gasteiger partial charge < -0.3 is 5.11 Å². The molecule has 1 spiro atoms. The minimum Gasteiger partial charge on any atom is -0.392 e. The van der Waals surface area contributed by atoms with Gasteiger partial charge in [0, 0.05) is 23.8 Å². The van der Waals surface area contributed by atoms with Gasteiger partial charge in [0.25, 0.3) is 0 Å². The largest absolute Gasteiger partial charge is 0.392 e. The fourth-order valence-corrected chi connectivity index (χ4v) is 6.19. The number of aliphatic hydroxyl groups excluding tert-OH is 1. The van der Waals surface area contributed by atoms with Crippen molar-refractivity contribution >= 4 is 22.3 Å². The normalized spacial score (nSPS) is 30.5. The molecule has 0 aromatic heterocycles. The molecule has 3 heteroatoms. The van der Waals surface area contributed by atoms with Crippen molar-refractivity contribution < 1.29 is 14.7 Å². The Morgan fingerprint density at radius 1 is 0.893 bits per heavy atom. The second kappa shape index (κ2) is 5.39. The molecule has 0 radical (unpaired) electrons. The van der Waals surface area contributed by atoms with Crippen molar-refractivity contribution in [3.63, 3.8) is 0 Å². The maximum atomic E-state index is 13.4. The van der Waals surface area contributed by atoms with Crippen LogP contribution >= 0.6 is 0 Å². The maximum absolute atomic E-state index is 13.4. The van der Waals surface area contributed by atoms with Crippen LogP contribution in [0, 0.1) is 5.92 Å². The molecule has 4 atom stereocenters. The molecule has 6 rings (SSSR count). The Bertz CT molecular complexity index is 1180. The van der Waals surface area contributed by atoms with Crippen LogP contribution in [-0.2, 0) is 16.6 Å². The van der Waals surface area contributed by atoms with Crippen LogP contribution in [0.15, 0.2) is 60.7 Å². The minimum absolute atomic E-state index is 0.0810. The molecule has 0 aliphatic heterocycles. The Morgan fingerprint density at radius 3 is 2.43 bits per heavy atom. The van der Waals surface area contributed by atoms with Crippen molar-refractivity contribution in [1.82, 2.24) is 0 Å². The SMILES string of the molecule is O=C1c2cc3ccccc3cc2[C@H]2[C@@H]1C[C@@H](O)[C@@]21C(=O)CCc2ccccc21. The van der Waals surface area contributed by atoms with Crippen LogP contribution in [0.25, 0.3) is 10.8 Å². The van der Waals surface area contributed by atoms with Crippen LogP contribution in [0.4, 0.5) is 0 Å². The van der Waals surface area contributed by atoms with Gasteiger partial charge in [-0.3, -0.25) is 9.59 Å². The van der Waals surface area contributed by atoms with E-state index in [1.165, 1.54) is 0 Å². The lowest BCUT2D eigenvalue weighted by Crippen LogP contribution is -2.49. The molecule has 28 heavy (non-hydrogen) atoms. The Labute approximate surface area is 163 Å². The molecule has 0 amide bonds. The third-order valence-corrected chi connectivity index (χ3v) is 7.30. The number of benzene rings is 3. The van der Waals surface area contributed by atoms with Crippen LogP contribution < -0.4 is 0 Å². The molecule has 0 heterocycles. The van der Waals surface area contributed by atoms with Gasteiger partial charge >= 0.3 is 0 Å². The first kappa shape index (κ1) is 16.2. The Hall–Kier alpha value is -2.78. The summed E-state index contributed by atoms with van der Waals surface area (Å²) in [5.41, 5.74) is 2.73. The number of Topliss-reactive ketones (excluding diaryl/α,β-unsaturated/α-hetero) is 2. The van der Waals surface area contributed by atoms with E-state index in [4.69, 9.17) is 0 Å². The Kier molecular flexibility index (Phi) is 3.12. The Balaban J connectivity index is 1.67. The van der Waals surface area contributed by atoms with E-state index in [0.717, 1.165) is 33.0 Å². The highest BCUT2D eigenvalue weighted by atomic mass is 16.3. The number of ketones is 2. The molecule has 0 bridgehead atoms. The molecule has 3 nitrogen and oxygen atoms in total. The van der Waals surface area contributed by atoms with Gasteiger partial charge in [-0.25, -0.2) is 0 Å². The summed E-state index contributed by atoms with van der Waals surface area (Å²) >= 11 is 0. The van der Waals surface area contributed by atoms with E-state index in [2.05, 4.69) is 12.1 Å². The van der Waals surface area contributed by atoms with Crippen molar-refractivity contribution in [3.8, 4) is 0 Å². The summed E-state index contributed by atoms with van der Waals surface area (Å²) in [6.45, 7) is 0. The summed E-state index contributed by atoms with van der Waals surface area (Å²) in [6.07, 6.45) is 0.669. The third-order valence-electron chi connectivity index (χ3n) is 7.30. The number of aliphatic hydroxyl groups is 1. The first-order valence-corrected chi connectivity index (χ1v) is 9.99. The predicted octanol–water partition coefficient (Wildman–Crippen LogP) is 3.95. The highest BCUT2D eigenvalue weighted by molar-refractivity contribution is 6.09. The lowest BCUT2D eigenvalue weighted by Gasteiger charge is -2.41. The highest BCUT2D eigenvalue weighted by Gasteiger charge is 2.65. The molecular formula is C25H20O3. The number of rotatable bonds is 0. The molecule has 1 fully saturated rings. The minimum atomic E-state index is -0.997. The van der Waals surface area contributed by atoms with Gasteiger partial charge in [-0.15, -0.1) is 0 Å². The second-order valence-electron chi connectivity index (χ2n) is 8.44. The topological polar surface area (TPSA) is 54.4 Å². The van der Waals surface area contributed by atoms with Crippen LogP contribution in [0.3, 0.4) is 0 Å².